The van der Waals surface area contributed by atoms with Crippen molar-refractivity contribution in [1.82, 2.24) is 10.2 Å². The van der Waals surface area contributed by atoms with Crippen LogP contribution < -0.4 is 5.73 Å². The second-order valence-electron chi connectivity index (χ2n) is 3.77. The number of hydrogen-bond donors (Lipinski definition) is 2. The highest BCUT2D eigenvalue weighted by molar-refractivity contribution is 5.75. The van der Waals surface area contributed by atoms with Crippen LogP contribution in [-0.2, 0) is 0 Å². The van der Waals surface area contributed by atoms with Gasteiger partial charge >= 0.3 is 0 Å². The summed E-state index contributed by atoms with van der Waals surface area (Å²) in [7, 11) is 0. The van der Waals surface area contributed by atoms with Gasteiger partial charge in [0.2, 0.25) is 0 Å². The monoisotopic (exact) mass is 212 g/mol. The Balaban J connectivity index is 2.65. The normalized spacial score (nSPS) is 10.1. The van der Waals surface area contributed by atoms with Gasteiger partial charge in [0.1, 0.15) is 5.82 Å². The Labute approximate surface area is 93.7 Å². The predicted octanol–water partition coefficient (Wildman–Crippen LogP) is 2.15. The number of aromatic amines is 1. The molecule has 0 bridgehead atoms. The molecule has 0 aliphatic rings. The van der Waals surface area contributed by atoms with Crippen molar-refractivity contribution in [2.45, 2.75) is 13.8 Å². The molecular formula is C12H12N4. The van der Waals surface area contributed by atoms with Gasteiger partial charge in [0.05, 0.1) is 17.8 Å². The highest BCUT2D eigenvalue weighted by atomic mass is 15.1. The van der Waals surface area contributed by atoms with Gasteiger partial charge in [0, 0.05) is 5.56 Å². The van der Waals surface area contributed by atoms with Gasteiger partial charge in [-0.3, -0.25) is 5.10 Å². The molecule has 0 aliphatic carbocycles. The van der Waals surface area contributed by atoms with Crippen molar-refractivity contribution >= 4 is 5.82 Å². The van der Waals surface area contributed by atoms with E-state index in [2.05, 4.69) is 16.3 Å². The third kappa shape index (κ3) is 1.52. The van der Waals surface area contributed by atoms with Crippen molar-refractivity contribution < 1.29 is 0 Å². The molecular weight excluding hydrogens is 200 g/mol. The second kappa shape index (κ2) is 3.70. The van der Waals surface area contributed by atoms with Crippen LogP contribution in [0.4, 0.5) is 5.82 Å². The van der Waals surface area contributed by atoms with Crippen LogP contribution >= 0.6 is 0 Å². The summed E-state index contributed by atoms with van der Waals surface area (Å²) in [5.41, 5.74) is 10.3. The first-order valence-electron chi connectivity index (χ1n) is 4.94. The highest BCUT2D eigenvalue weighted by Crippen LogP contribution is 2.27. The first-order valence-corrected chi connectivity index (χ1v) is 4.94. The van der Waals surface area contributed by atoms with Gasteiger partial charge in [-0.05, 0) is 36.6 Å². The molecule has 2 aromatic rings. The number of aryl methyl sites for hydroxylation is 1. The molecule has 16 heavy (non-hydrogen) atoms. The minimum Gasteiger partial charge on any atom is -0.384 e. The molecule has 0 fully saturated rings. The largest absolute Gasteiger partial charge is 0.384 e. The summed E-state index contributed by atoms with van der Waals surface area (Å²) in [6.45, 7) is 3.92. The number of rotatable bonds is 1. The highest BCUT2D eigenvalue weighted by Gasteiger charge is 2.09. The van der Waals surface area contributed by atoms with E-state index in [0.717, 1.165) is 22.3 Å². The fourth-order valence-electron chi connectivity index (χ4n) is 1.66. The van der Waals surface area contributed by atoms with E-state index in [9.17, 15) is 0 Å². The fraction of sp³-hybridized carbons (Fsp3) is 0.167. The lowest BCUT2D eigenvalue weighted by Crippen LogP contribution is -1.92. The lowest BCUT2D eigenvalue weighted by Gasteiger charge is -2.06. The summed E-state index contributed by atoms with van der Waals surface area (Å²) in [4.78, 5) is 0. The maximum absolute atomic E-state index is 9.03. The Kier molecular flexibility index (Phi) is 2.37. The molecule has 4 heteroatoms. The van der Waals surface area contributed by atoms with E-state index in [1.165, 1.54) is 0 Å². The summed E-state index contributed by atoms with van der Waals surface area (Å²) in [5.74, 6) is 0.521. The van der Waals surface area contributed by atoms with E-state index >= 15 is 0 Å². The van der Waals surface area contributed by atoms with E-state index in [0.29, 0.717) is 11.4 Å². The zero-order chi connectivity index (χ0) is 11.7. The smallest absolute Gasteiger partial charge is 0.126 e. The Bertz CT molecular complexity index is 575. The minimum absolute atomic E-state index is 0.521. The number of nitrogens with two attached hydrogens (primary N) is 1. The van der Waals surface area contributed by atoms with Crippen LogP contribution in [0.3, 0.4) is 0 Å². The number of H-pyrrole nitrogens is 1. The standard InChI is InChI=1S/C12H12N4/c1-7-3-9(4-10(5-13)8(7)2)11-6-15-16-12(11)14/h3-4,6H,1-2H3,(H3,14,15,16). The summed E-state index contributed by atoms with van der Waals surface area (Å²) in [6.07, 6.45) is 1.67. The third-order valence-corrected chi connectivity index (χ3v) is 2.77. The zero-order valence-corrected chi connectivity index (χ0v) is 9.20. The van der Waals surface area contributed by atoms with E-state index in [-0.39, 0.29) is 0 Å². The van der Waals surface area contributed by atoms with E-state index in [1.807, 2.05) is 26.0 Å². The number of nitrogen functional groups attached to an aromatic ring is 1. The second-order valence-corrected chi connectivity index (χ2v) is 3.77. The summed E-state index contributed by atoms with van der Waals surface area (Å²) in [6, 6.07) is 6.03. The SMILES string of the molecule is Cc1cc(-c2cn[nH]c2N)cc(C#N)c1C. The van der Waals surface area contributed by atoms with Gasteiger partial charge in [-0.15, -0.1) is 0 Å². The molecule has 0 aliphatic heterocycles. The quantitative estimate of drug-likeness (QED) is 0.760. The Morgan fingerprint density at radius 3 is 2.69 bits per heavy atom. The molecule has 0 amide bonds. The van der Waals surface area contributed by atoms with Crippen LogP contribution in [0.25, 0.3) is 11.1 Å². The molecule has 3 N–H and O–H groups in total. The van der Waals surface area contributed by atoms with Gasteiger partial charge in [-0.25, -0.2) is 0 Å². The lowest BCUT2D eigenvalue weighted by atomic mass is 9.97. The third-order valence-electron chi connectivity index (χ3n) is 2.77. The number of benzene rings is 1. The molecule has 1 aromatic heterocycles. The maximum Gasteiger partial charge on any atom is 0.126 e. The minimum atomic E-state index is 0.521. The van der Waals surface area contributed by atoms with E-state index in [1.54, 1.807) is 6.20 Å². The molecule has 1 aromatic carbocycles. The number of anilines is 1. The molecule has 4 nitrogen and oxygen atoms in total. The van der Waals surface area contributed by atoms with Crippen molar-refractivity contribution in [3.05, 3.63) is 35.0 Å². The molecule has 80 valence electrons. The number of nitrogens with zero attached hydrogens (tertiary/aromatic N) is 2. The van der Waals surface area contributed by atoms with Crippen molar-refractivity contribution in [3.63, 3.8) is 0 Å². The molecule has 0 spiro atoms. The van der Waals surface area contributed by atoms with Crippen molar-refractivity contribution in [1.29, 1.82) is 5.26 Å². The molecule has 0 radical (unpaired) electrons. The van der Waals surface area contributed by atoms with Crippen molar-refractivity contribution in [3.8, 4) is 17.2 Å². The molecule has 0 atom stereocenters. The molecule has 0 saturated heterocycles. The lowest BCUT2D eigenvalue weighted by molar-refractivity contribution is 1.10. The number of nitriles is 1. The first kappa shape index (κ1) is 10.2. The summed E-state index contributed by atoms with van der Waals surface area (Å²) >= 11 is 0. The van der Waals surface area contributed by atoms with Crippen molar-refractivity contribution in [2.75, 3.05) is 5.73 Å². The average molecular weight is 212 g/mol. The van der Waals surface area contributed by atoms with E-state index in [4.69, 9.17) is 11.0 Å². The van der Waals surface area contributed by atoms with E-state index < -0.39 is 0 Å². The van der Waals surface area contributed by atoms with Crippen LogP contribution in [0.5, 0.6) is 0 Å². The zero-order valence-electron chi connectivity index (χ0n) is 9.20. The van der Waals surface area contributed by atoms with Crippen molar-refractivity contribution in [2.24, 2.45) is 0 Å². The van der Waals surface area contributed by atoms with Gasteiger partial charge in [0.15, 0.2) is 0 Å². The number of hydrogen-bond acceptors (Lipinski definition) is 3. The van der Waals surface area contributed by atoms with Crippen LogP contribution in [-0.4, -0.2) is 10.2 Å². The number of nitrogens with one attached hydrogen (secondary N) is 1. The Hall–Kier alpha value is -2.28. The molecule has 0 unspecified atom stereocenters. The summed E-state index contributed by atoms with van der Waals surface area (Å²) < 4.78 is 0. The number of aromatic nitrogens is 2. The fourth-order valence-corrected chi connectivity index (χ4v) is 1.66. The topological polar surface area (TPSA) is 78.5 Å². The predicted molar refractivity (Wildman–Crippen MR) is 62.6 cm³/mol. The maximum atomic E-state index is 9.03. The molecule has 2 rings (SSSR count). The van der Waals surface area contributed by atoms with Gasteiger partial charge < -0.3 is 5.73 Å². The first-order chi connectivity index (χ1) is 7.63. The summed E-state index contributed by atoms with van der Waals surface area (Å²) in [5, 5.41) is 15.6. The van der Waals surface area contributed by atoms with Crippen LogP contribution in [0.1, 0.15) is 16.7 Å². The molecule has 0 saturated carbocycles. The van der Waals surface area contributed by atoms with Gasteiger partial charge in [-0.2, -0.15) is 10.4 Å². The van der Waals surface area contributed by atoms with Gasteiger partial charge in [0.25, 0.3) is 0 Å². The Morgan fingerprint density at radius 2 is 2.12 bits per heavy atom. The van der Waals surface area contributed by atoms with Crippen LogP contribution in [0.15, 0.2) is 18.3 Å². The average Bonchev–Trinajstić information content (AvgIpc) is 2.68. The Morgan fingerprint density at radius 1 is 1.38 bits per heavy atom. The molecule has 1 heterocycles. The van der Waals surface area contributed by atoms with Gasteiger partial charge in [-0.1, -0.05) is 6.07 Å². The van der Waals surface area contributed by atoms with Crippen LogP contribution in [0.2, 0.25) is 0 Å². The van der Waals surface area contributed by atoms with Crippen LogP contribution in [0, 0.1) is 25.2 Å².